The van der Waals surface area contributed by atoms with Gasteiger partial charge >= 0.3 is 0 Å². The van der Waals surface area contributed by atoms with E-state index < -0.39 is 0 Å². The summed E-state index contributed by atoms with van der Waals surface area (Å²) in [5.41, 5.74) is 2.24. The zero-order valence-electron chi connectivity index (χ0n) is 20.0. The Morgan fingerprint density at radius 3 is 1.83 bits per heavy atom. The van der Waals surface area contributed by atoms with Crippen LogP contribution in [0.5, 0.6) is 11.5 Å². The Morgan fingerprint density at radius 2 is 1.26 bits per heavy atom. The van der Waals surface area contributed by atoms with Crippen molar-refractivity contribution in [3.8, 4) is 11.5 Å². The second-order valence-corrected chi connectivity index (χ2v) is 7.82. The van der Waals surface area contributed by atoms with Crippen LogP contribution in [0.4, 0.5) is 11.4 Å². The van der Waals surface area contributed by atoms with Crippen LogP contribution >= 0.6 is 0 Å². The maximum absolute atomic E-state index is 12.5. The van der Waals surface area contributed by atoms with E-state index >= 15 is 0 Å². The lowest BCUT2D eigenvalue weighted by Crippen LogP contribution is -2.27. The molecule has 0 saturated heterocycles. The van der Waals surface area contributed by atoms with E-state index in [4.69, 9.17) is 9.47 Å². The molecule has 0 saturated carbocycles. The molecule has 8 nitrogen and oxygen atoms in total. The first-order valence-corrected chi connectivity index (χ1v) is 11.2. The van der Waals surface area contributed by atoms with Crippen molar-refractivity contribution in [2.24, 2.45) is 0 Å². The molecule has 0 aromatic heterocycles. The van der Waals surface area contributed by atoms with Gasteiger partial charge in [0.2, 0.25) is 11.8 Å². The highest BCUT2D eigenvalue weighted by Gasteiger charge is 2.17. The molecule has 3 rings (SSSR count). The van der Waals surface area contributed by atoms with Crippen LogP contribution in [0.2, 0.25) is 0 Å². The molecule has 182 valence electrons. The van der Waals surface area contributed by atoms with E-state index in [-0.39, 0.29) is 36.6 Å². The van der Waals surface area contributed by atoms with Gasteiger partial charge < -0.3 is 25.4 Å². The number of nitrogens with one attached hydrogen (secondary N) is 3. The van der Waals surface area contributed by atoms with Gasteiger partial charge in [0.25, 0.3) is 5.91 Å². The van der Waals surface area contributed by atoms with Gasteiger partial charge in [0.05, 0.1) is 31.6 Å². The molecule has 0 heterocycles. The number of carbonyl (C=O) groups is 3. The molecule has 3 aromatic rings. The smallest absolute Gasteiger partial charge is 0.255 e. The Bertz CT molecular complexity index is 1170. The summed E-state index contributed by atoms with van der Waals surface area (Å²) >= 11 is 0. The van der Waals surface area contributed by atoms with Gasteiger partial charge in [-0.1, -0.05) is 48.5 Å². The zero-order chi connectivity index (χ0) is 25.2. The average Bonchev–Trinajstić information content (AvgIpc) is 2.89. The maximum Gasteiger partial charge on any atom is 0.255 e. The predicted molar refractivity (Wildman–Crippen MR) is 135 cm³/mol. The lowest BCUT2D eigenvalue weighted by atomic mass is 10.1. The van der Waals surface area contributed by atoms with Crippen molar-refractivity contribution in [1.29, 1.82) is 0 Å². The summed E-state index contributed by atoms with van der Waals surface area (Å²) in [6.45, 7) is 1.89. The Kier molecular flexibility index (Phi) is 8.83. The fourth-order valence-corrected chi connectivity index (χ4v) is 3.46. The molecule has 1 atom stereocenters. The summed E-state index contributed by atoms with van der Waals surface area (Å²) in [6.07, 6.45) is 0.0268. The molecule has 8 heteroatoms. The van der Waals surface area contributed by atoms with E-state index in [1.54, 1.807) is 36.4 Å². The lowest BCUT2D eigenvalue weighted by Gasteiger charge is -2.17. The van der Waals surface area contributed by atoms with Crippen molar-refractivity contribution < 1.29 is 23.9 Å². The molecule has 0 aliphatic carbocycles. The molecule has 3 aromatic carbocycles. The highest BCUT2D eigenvalue weighted by Crippen LogP contribution is 2.36. The van der Waals surface area contributed by atoms with Crippen molar-refractivity contribution in [2.45, 2.75) is 25.8 Å². The van der Waals surface area contributed by atoms with Gasteiger partial charge in [0.15, 0.2) is 0 Å². The minimum absolute atomic E-state index is 0.00862. The van der Waals surface area contributed by atoms with Gasteiger partial charge in [0, 0.05) is 30.5 Å². The molecular weight excluding hydrogens is 446 g/mol. The number of benzene rings is 3. The average molecular weight is 476 g/mol. The molecule has 3 amide bonds. The molecule has 0 radical (unpaired) electrons. The Balaban J connectivity index is 1.62. The van der Waals surface area contributed by atoms with Crippen LogP contribution in [-0.2, 0) is 9.59 Å². The number of methoxy groups -OCH3 is 2. The van der Waals surface area contributed by atoms with Gasteiger partial charge in [-0.3, -0.25) is 14.4 Å². The third kappa shape index (κ3) is 7.07. The molecule has 3 N–H and O–H groups in total. The van der Waals surface area contributed by atoms with Crippen LogP contribution < -0.4 is 25.4 Å². The molecule has 1 unspecified atom stereocenters. The van der Waals surface area contributed by atoms with E-state index in [1.807, 2.05) is 43.3 Å². The number of ether oxygens (including phenoxy) is 2. The minimum atomic E-state index is -0.353. The number of hydrogen-bond donors (Lipinski definition) is 3. The first-order chi connectivity index (χ1) is 16.9. The van der Waals surface area contributed by atoms with Crippen molar-refractivity contribution in [3.05, 3.63) is 83.9 Å². The van der Waals surface area contributed by atoms with Crippen LogP contribution in [0.3, 0.4) is 0 Å². The Hall–Kier alpha value is -4.33. The van der Waals surface area contributed by atoms with E-state index in [9.17, 15) is 14.4 Å². The monoisotopic (exact) mass is 475 g/mol. The van der Waals surface area contributed by atoms with Crippen LogP contribution in [0, 0.1) is 0 Å². The SMILES string of the molecule is COc1cc(NC(=O)c2ccccc2)c(OC)cc1NC(=O)CCC(=O)NC(C)c1ccccc1. The van der Waals surface area contributed by atoms with Crippen molar-refractivity contribution in [2.75, 3.05) is 24.9 Å². The zero-order valence-corrected chi connectivity index (χ0v) is 20.0. The van der Waals surface area contributed by atoms with E-state index in [2.05, 4.69) is 16.0 Å². The van der Waals surface area contributed by atoms with E-state index in [0.29, 0.717) is 28.4 Å². The number of rotatable bonds is 10. The number of hydrogen-bond acceptors (Lipinski definition) is 5. The number of amides is 3. The minimum Gasteiger partial charge on any atom is -0.494 e. The van der Waals surface area contributed by atoms with Crippen LogP contribution in [0.15, 0.2) is 72.8 Å². The van der Waals surface area contributed by atoms with Gasteiger partial charge in [-0.2, -0.15) is 0 Å². The quantitative estimate of drug-likeness (QED) is 0.399. The first kappa shape index (κ1) is 25.3. The van der Waals surface area contributed by atoms with Gasteiger partial charge in [-0.15, -0.1) is 0 Å². The highest BCUT2D eigenvalue weighted by atomic mass is 16.5. The predicted octanol–water partition coefficient (Wildman–Crippen LogP) is 4.55. The van der Waals surface area contributed by atoms with Crippen molar-refractivity contribution >= 4 is 29.1 Å². The van der Waals surface area contributed by atoms with Gasteiger partial charge in [-0.25, -0.2) is 0 Å². The summed E-state index contributed by atoms with van der Waals surface area (Å²) in [4.78, 5) is 37.4. The molecule has 0 bridgehead atoms. The summed E-state index contributed by atoms with van der Waals surface area (Å²) in [6, 6.07) is 21.3. The topological polar surface area (TPSA) is 106 Å². The summed E-state index contributed by atoms with van der Waals surface area (Å²) < 4.78 is 10.8. The maximum atomic E-state index is 12.5. The lowest BCUT2D eigenvalue weighted by molar-refractivity contribution is -0.124. The van der Waals surface area contributed by atoms with Gasteiger partial charge in [-0.05, 0) is 24.6 Å². The second-order valence-electron chi connectivity index (χ2n) is 7.82. The standard InChI is InChI=1S/C27H29N3O5/c1-18(19-10-6-4-7-11-19)28-25(31)14-15-26(32)29-21-16-24(35-3)22(17-23(21)34-2)30-27(33)20-12-8-5-9-13-20/h4-13,16-18H,14-15H2,1-3H3,(H,28,31)(H,29,32)(H,30,33). The van der Waals surface area contributed by atoms with Crippen LogP contribution in [0.1, 0.15) is 41.7 Å². The van der Waals surface area contributed by atoms with Crippen LogP contribution in [-0.4, -0.2) is 31.9 Å². The molecule has 0 spiro atoms. The summed E-state index contributed by atoms with van der Waals surface area (Å²) in [7, 11) is 2.92. The molecule has 0 fully saturated rings. The van der Waals surface area contributed by atoms with Crippen LogP contribution in [0.25, 0.3) is 0 Å². The summed E-state index contributed by atoms with van der Waals surface area (Å²) in [5, 5.41) is 8.44. The summed E-state index contributed by atoms with van der Waals surface area (Å²) in [5.74, 6) is -0.197. The van der Waals surface area contributed by atoms with E-state index in [0.717, 1.165) is 5.56 Å². The Morgan fingerprint density at radius 1 is 0.743 bits per heavy atom. The molecular formula is C27H29N3O5. The Labute approximate surface area is 204 Å². The number of carbonyl (C=O) groups excluding carboxylic acids is 3. The van der Waals surface area contributed by atoms with Crippen molar-refractivity contribution in [1.82, 2.24) is 5.32 Å². The molecule has 0 aliphatic rings. The highest BCUT2D eigenvalue weighted by molar-refractivity contribution is 6.05. The normalized spacial score (nSPS) is 11.2. The van der Waals surface area contributed by atoms with Crippen molar-refractivity contribution in [3.63, 3.8) is 0 Å². The second kappa shape index (κ2) is 12.2. The third-order valence-electron chi connectivity index (χ3n) is 5.34. The third-order valence-corrected chi connectivity index (χ3v) is 5.34. The fraction of sp³-hybridized carbons (Fsp3) is 0.222. The number of anilines is 2. The van der Waals surface area contributed by atoms with Gasteiger partial charge in [0.1, 0.15) is 11.5 Å². The molecule has 35 heavy (non-hydrogen) atoms. The first-order valence-electron chi connectivity index (χ1n) is 11.2. The largest absolute Gasteiger partial charge is 0.494 e. The fourth-order valence-electron chi connectivity index (χ4n) is 3.46. The van der Waals surface area contributed by atoms with E-state index in [1.165, 1.54) is 14.2 Å². The molecule has 0 aliphatic heterocycles.